The van der Waals surface area contributed by atoms with Gasteiger partial charge in [0.2, 0.25) is 0 Å². The second kappa shape index (κ2) is 5.24. The lowest BCUT2D eigenvalue weighted by Gasteiger charge is -2.27. The van der Waals surface area contributed by atoms with Crippen LogP contribution < -0.4 is 4.74 Å². The van der Waals surface area contributed by atoms with E-state index in [-0.39, 0.29) is 22.8 Å². The first-order valence-electron chi connectivity index (χ1n) is 7.62. The Morgan fingerprint density at radius 1 is 1.05 bits per heavy atom. The number of hydrogen-bond donors (Lipinski definition) is 2. The van der Waals surface area contributed by atoms with Crippen LogP contribution in [0.5, 0.6) is 17.2 Å². The molecule has 0 amide bonds. The minimum Gasteiger partial charge on any atom is -0.504 e. The number of ether oxygens (including phenoxy) is 1. The molecule has 22 heavy (non-hydrogen) atoms. The van der Waals surface area contributed by atoms with Crippen LogP contribution in [0, 0.1) is 0 Å². The van der Waals surface area contributed by atoms with Crippen molar-refractivity contribution in [1.82, 2.24) is 0 Å². The molecule has 2 aromatic carbocycles. The number of rotatable bonds is 1. The van der Waals surface area contributed by atoms with Gasteiger partial charge in [-0.3, -0.25) is 0 Å². The fourth-order valence-electron chi connectivity index (χ4n) is 2.88. The van der Waals surface area contributed by atoms with Crippen molar-refractivity contribution < 1.29 is 14.9 Å². The molecule has 3 rings (SSSR count). The zero-order valence-corrected chi connectivity index (χ0v) is 13.3. The Balaban J connectivity index is 1.90. The van der Waals surface area contributed by atoms with Gasteiger partial charge in [0.1, 0.15) is 5.75 Å². The molecule has 3 nitrogen and oxygen atoms in total. The van der Waals surface area contributed by atoms with E-state index in [1.807, 2.05) is 0 Å². The fourth-order valence-corrected chi connectivity index (χ4v) is 2.88. The normalized spacial score (nSPS) is 17.7. The van der Waals surface area contributed by atoms with Crippen LogP contribution in [0.1, 0.15) is 43.4 Å². The van der Waals surface area contributed by atoms with Gasteiger partial charge in [-0.1, -0.05) is 45.0 Å². The van der Waals surface area contributed by atoms with E-state index in [0.29, 0.717) is 12.4 Å². The molecule has 3 heteroatoms. The van der Waals surface area contributed by atoms with E-state index in [9.17, 15) is 10.2 Å². The first-order valence-corrected chi connectivity index (χ1v) is 7.62. The van der Waals surface area contributed by atoms with Crippen molar-refractivity contribution in [2.45, 2.75) is 38.5 Å². The van der Waals surface area contributed by atoms with Gasteiger partial charge in [-0.05, 0) is 34.6 Å². The summed E-state index contributed by atoms with van der Waals surface area (Å²) in [4.78, 5) is 0. The average molecular weight is 298 g/mol. The Morgan fingerprint density at radius 3 is 2.50 bits per heavy atom. The van der Waals surface area contributed by atoms with Crippen molar-refractivity contribution in [1.29, 1.82) is 0 Å². The van der Waals surface area contributed by atoms with Crippen LogP contribution in [0.2, 0.25) is 0 Å². The quantitative estimate of drug-likeness (QED) is 0.779. The molecule has 116 valence electrons. The highest BCUT2D eigenvalue weighted by molar-refractivity contribution is 5.50. The predicted molar refractivity (Wildman–Crippen MR) is 86.9 cm³/mol. The van der Waals surface area contributed by atoms with Gasteiger partial charge >= 0.3 is 0 Å². The summed E-state index contributed by atoms with van der Waals surface area (Å²) in [5.41, 5.74) is 3.62. The number of fused-ring (bicyclic) bond motifs is 1. The second-order valence-corrected chi connectivity index (χ2v) is 7.04. The summed E-state index contributed by atoms with van der Waals surface area (Å²) in [5, 5.41) is 19.2. The smallest absolute Gasteiger partial charge is 0.161 e. The van der Waals surface area contributed by atoms with Gasteiger partial charge < -0.3 is 14.9 Å². The topological polar surface area (TPSA) is 49.7 Å². The number of hydrogen-bond acceptors (Lipinski definition) is 3. The van der Waals surface area contributed by atoms with Gasteiger partial charge in [-0.15, -0.1) is 0 Å². The predicted octanol–water partition coefficient (Wildman–Crippen LogP) is 4.11. The average Bonchev–Trinajstić information content (AvgIpc) is 2.47. The highest BCUT2D eigenvalue weighted by atomic mass is 16.5. The van der Waals surface area contributed by atoms with E-state index in [0.717, 1.165) is 12.0 Å². The second-order valence-electron chi connectivity index (χ2n) is 7.04. The van der Waals surface area contributed by atoms with Gasteiger partial charge in [-0.25, -0.2) is 0 Å². The minimum absolute atomic E-state index is 0.0913. The largest absolute Gasteiger partial charge is 0.504 e. The Hall–Kier alpha value is -2.16. The maximum atomic E-state index is 9.68. The summed E-state index contributed by atoms with van der Waals surface area (Å²) in [6, 6.07) is 11.7. The third-order valence-electron chi connectivity index (χ3n) is 4.29. The number of phenols is 2. The van der Waals surface area contributed by atoms with E-state index in [4.69, 9.17) is 4.74 Å². The molecule has 1 aliphatic rings. The van der Waals surface area contributed by atoms with Crippen molar-refractivity contribution in [3.8, 4) is 17.2 Å². The maximum absolute atomic E-state index is 9.68. The highest BCUT2D eigenvalue weighted by Gasteiger charge is 2.24. The number of benzene rings is 2. The Kier molecular flexibility index (Phi) is 3.51. The molecule has 1 atom stereocenters. The van der Waals surface area contributed by atoms with Crippen molar-refractivity contribution in [3.63, 3.8) is 0 Å². The summed E-state index contributed by atoms with van der Waals surface area (Å²) in [6.07, 6.45) is 0.802. The van der Waals surface area contributed by atoms with Crippen LogP contribution >= 0.6 is 0 Å². The minimum atomic E-state index is -0.132. The number of phenolic OH excluding ortho intramolecular Hbond substituents is 2. The molecular formula is C19H22O3. The summed E-state index contributed by atoms with van der Waals surface area (Å²) in [6.45, 7) is 7.21. The third kappa shape index (κ3) is 2.76. The zero-order valence-electron chi connectivity index (χ0n) is 13.3. The van der Waals surface area contributed by atoms with Gasteiger partial charge in [0.05, 0.1) is 6.61 Å². The zero-order chi connectivity index (χ0) is 15.9. The number of aromatic hydroxyl groups is 2. The van der Waals surface area contributed by atoms with E-state index in [1.165, 1.54) is 17.2 Å². The molecule has 0 saturated heterocycles. The van der Waals surface area contributed by atoms with Crippen molar-refractivity contribution in [3.05, 3.63) is 53.1 Å². The molecule has 2 N–H and O–H groups in total. The molecule has 1 aliphatic heterocycles. The molecule has 0 saturated carbocycles. The SMILES string of the molecule is CC(C)(C)c1cccc(C2COc3cc(O)c(O)cc3C2)c1. The van der Waals surface area contributed by atoms with Crippen molar-refractivity contribution in [2.75, 3.05) is 6.61 Å². The van der Waals surface area contributed by atoms with Crippen LogP contribution in [0.4, 0.5) is 0 Å². The van der Waals surface area contributed by atoms with Crippen LogP contribution in [0.3, 0.4) is 0 Å². The molecule has 0 fully saturated rings. The standard InChI is InChI=1S/C19H22O3/c1-19(2,3)15-6-4-5-12(8-15)14-7-13-9-16(20)17(21)10-18(13)22-11-14/h4-6,8-10,14,20-21H,7,11H2,1-3H3. The van der Waals surface area contributed by atoms with Gasteiger partial charge in [0.25, 0.3) is 0 Å². The van der Waals surface area contributed by atoms with E-state index in [2.05, 4.69) is 45.0 Å². The first-order chi connectivity index (χ1) is 10.3. The fraction of sp³-hybridized carbons (Fsp3) is 0.368. The lowest BCUT2D eigenvalue weighted by atomic mass is 9.83. The molecule has 1 heterocycles. The Morgan fingerprint density at radius 2 is 1.77 bits per heavy atom. The molecule has 1 unspecified atom stereocenters. The summed E-state index contributed by atoms with van der Waals surface area (Å²) < 4.78 is 5.78. The van der Waals surface area contributed by atoms with Crippen LogP contribution in [-0.2, 0) is 11.8 Å². The lowest BCUT2D eigenvalue weighted by Crippen LogP contribution is -2.20. The lowest BCUT2D eigenvalue weighted by molar-refractivity contribution is 0.259. The molecule has 0 aromatic heterocycles. The first kappa shape index (κ1) is 14.8. The summed E-state index contributed by atoms with van der Waals surface area (Å²) in [5.74, 6) is 0.704. The molecule has 0 bridgehead atoms. The molecular weight excluding hydrogens is 276 g/mol. The monoisotopic (exact) mass is 298 g/mol. The summed E-state index contributed by atoms with van der Waals surface area (Å²) in [7, 11) is 0. The summed E-state index contributed by atoms with van der Waals surface area (Å²) >= 11 is 0. The Bertz CT molecular complexity index is 698. The van der Waals surface area contributed by atoms with Gasteiger partial charge in [0, 0.05) is 12.0 Å². The Labute approximate surface area is 131 Å². The highest BCUT2D eigenvalue weighted by Crippen LogP contribution is 2.39. The van der Waals surface area contributed by atoms with E-state index >= 15 is 0 Å². The maximum Gasteiger partial charge on any atom is 0.161 e. The molecule has 0 radical (unpaired) electrons. The van der Waals surface area contributed by atoms with Crippen molar-refractivity contribution in [2.24, 2.45) is 0 Å². The molecule has 0 aliphatic carbocycles. The van der Waals surface area contributed by atoms with E-state index in [1.54, 1.807) is 6.07 Å². The van der Waals surface area contributed by atoms with Gasteiger partial charge in [0.15, 0.2) is 11.5 Å². The van der Waals surface area contributed by atoms with Crippen LogP contribution in [-0.4, -0.2) is 16.8 Å². The van der Waals surface area contributed by atoms with Crippen molar-refractivity contribution >= 4 is 0 Å². The van der Waals surface area contributed by atoms with E-state index < -0.39 is 0 Å². The van der Waals surface area contributed by atoms with Crippen LogP contribution in [0.25, 0.3) is 0 Å². The molecule has 0 spiro atoms. The molecule has 2 aromatic rings. The van der Waals surface area contributed by atoms with Crippen LogP contribution in [0.15, 0.2) is 36.4 Å². The third-order valence-corrected chi connectivity index (χ3v) is 4.29. The van der Waals surface area contributed by atoms with Gasteiger partial charge in [-0.2, -0.15) is 0 Å².